The van der Waals surface area contributed by atoms with E-state index in [2.05, 4.69) is 24.1 Å². The van der Waals surface area contributed by atoms with E-state index in [9.17, 15) is 9.90 Å². The number of nitrogens with zero attached hydrogens (tertiary/aromatic N) is 1. The van der Waals surface area contributed by atoms with Crippen molar-refractivity contribution in [1.82, 2.24) is 10.2 Å². The first-order valence-electron chi connectivity index (χ1n) is 8.33. The molecule has 2 saturated carbocycles. The van der Waals surface area contributed by atoms with Crippen molar-refractivity contribution in [1.29, 1.82) is 0 Å². The van der Waals surface area contributed by atoms with Crippen LogP contribution in [0.1, 0.15) is 58.8 Å². The molecule has 0 saturated heterocycles. The summed E-state index contributed by atoms with van der Waals surface area (Å²) >= 11 is 0. The van der Waals surface area contributed by atoms with Gasteiger partial charge in [0.05, 0.1) is 0 Å². The number of aliphatic carboxylic acids is 1. The lowest BCUT2D eigenvalue weighted by Crippen LogP contribution is -2.52. The summed E-state index contributed by atoms with van der Waals surface area (Å²) in [7, 11) is 0. The lowest BCUT2D eigenvalue weighted by atomic mass is 9.84. The van der Waals surface area contributed by atoms with Crippen LogP contribution in [0.4, 0.5) is 0 Å². The molecule has 4 heteroatoms. The van der Waals surface area contributed by atoms with Crippen molar-refractivity contribution >= 4 is 5.97 Å². The van der Waals surface area contributed by atoms with Crippen LogP contribution in [-0.2, 0) is 4.79 Å². The van der Waals surface area contributed by atoms with Gasteiger partial charge in [-0.3, -0.25) is 4.79 Å². The third-order valence-corrected chi connectivity index (χ3v) is 5.25. The molecule has 2 aliphatic carbocycles. The number of carboxylic acids is 1. The number of carbonyl (C=O) groups is 1. The van der Waals surface area contributed by atoms with Gasteiger partial charge in [-0.2, -0.15) is 0 Å². The molecule has 0 spiro atoms. The van der Waals surface area contributed by atoms with Gasteiger partial charge in [-0.05, 0) is 57.5 Å². The highest BCUT2D eigenvalue weighted by molar-refractivity contribution is 5.79. The molecule has 0 aromatic rings. The topological polar surface area (TPSA) is 52.6 Å². The largest absolute Gasteiger partial charge is 0.480 e. The van der Waals surface area contributed by atoms with Crippen LogP contribution >= 0.6 is 0 Å². The zero-order valence-corrected chi connectivity index (χ0v) is 13.0. The molecule has 0 radical (unpaired) electrons. The maximum atomic E-state index is 11.7. The van der Waals surface area contributed by atoms with E-state index in [4.69, 9.17) is 0 Å². The average Bonchev–Trinajstić information content (AvgIpc) is 2.81. The standard InChI is InChI=1S/C16H30N2O2/c1-3-10-17-16(15(19)20)9-8-14(11-16)18(4-2)12-13-6-5-7-13/h13-14,17H,3-12H2,1-2H3,(H,19,20). The van der Waals surface area contributed by atoms with Gasteiger partial charge < -0.3 is 15.3 Å². The van der Waals surface area contributed by atoms with Crippen LogP contribution in [-0.4, -0.2) is 47.2 Å². The van der Waals surface area contributed by atoms with Gasteiger partial charge in [0.15, 0.2) is 0 Å². The van der Waals surface area contributed by atoms with Gasteiger partial charge in [-0.15, -0.1) is 0 Å². The van der Waals surface area contributed by atoms with E-state index < -0.39 is 11.5 Å². The molecule has 2 unspecified atom stereocenters. The highest BCUT2D eigenvalue weighted by Crippen LogP contribution is 2.35. The predicted molar refractivity (Wildman–Crippen MR) is 80.9 cm³/mol. The second-order valence-corrected chi connectivity index (χ2v) is 6.60. The first kappa shape index (κ1) is 15.8. The lowest BCUT2D eigenvalue weighted by Gasteiger charge is -2.36. The van der Waals surface area contributed by atoms with Gasteiger partial charge in [-0.1, -0.05) is 20.3 Å². The smallest absolute Gasteiger partial charge is 0.323 e. The summed E-state index contributed by atoms with van der Waals surface area (Å²) in [5, 5.41) is 12.9. The summed E-state index contributed by atoms with van der Waals surface area (Å²) in [6, 6.07) is 0.445. The minimum Gasteiger partial charge on any atom is -0.480 e. The Labute approximate surface area is 122 Å². The summed E-state index contributed by atoms with van der Waals surface area (Å²) in [6.07, 6.45) is 7.65. The van der Waals surface area contributed by atoms with Crippen molar-refractivity contribution < 1.29 is 9.90 Å². The van der Waals surface area contributed by atoms with Crippen LogP contribution in [0.3, 0.4) is 0 Å². The van der Waals surface area contributed by atoms with Crippen molar-refractivity contribution in [2.75, 3.05) is 19.6 Å². The Kier molecular flexibility index (Phi) is 5.44. The van der Waals surface area contributed by atoms with Crippen molar-refractivity contribution in [2.24, 2.45) is 5.92 Å². The Bertz CT molecular complexity index is 330. The molecule has 0 aromatic heterocycles. The first-order valence-corrected chi connectivity index (χ1v) is 8.33. The van der Waals surface area contributed by atoms with Crippen LogP contribution in [0, 0.1) is 5.92 Å². The van der Waals surface area contributed by atoms with E-state index >= 15 is 0 Å². The highest BCUT2D eigenvalue weighted by Gasteiger charge is 2.46. The van der Waals surface area contributed by atoms with E-state index in [1.54, 1.807) is 0 Å². The SMILES string of the molecule is CCCNC1(C(=O)O)CCC(N(CC)CC2CCC2)C1. The van der Waals surface area contributed by atoms with E-state index in [1.165, 1.54) is 25.8 Å². The fraction of sp³-hybridized carbons (Fsp3) is 0.938. The number of hydrogen-bond donors (Lipinski definition) is 2. The monoisotopic (exact) mass is 282 g/mol. The summed E-state index contributed by atoms with van der Waals surface area (Å²) in [5.74, 6) is 0.200. The minimum atomic E-state index is -0.673. The summed E-state index contributed by atoms with van der Waals surface area (Å²) < 4.78 is 0. The minimum absolute atomic E-state index is 0.445. The normalized spacial score (nSPS) is 30.6. The van der Waals surface area contributed by atoms with Crippen LogP contribution in [0.15, 0.2) is 0 Å². The van der Waals surface area contributed by atoms with Gasteiger partial charge >= 0.3 is 5.97 Å². The van der Waals surface area contributed by atoms with Gasteiger partial charge in [0, 0.05) is 12.6 Å². The van der Waals surface area contributed by atoms with Gasteiger partial charge in [0.2, 0.25) is 0 Å². The van der Waals surface area contributed by atoms with Gasteiger partial charge in [-0.25, -0.2) is 0 Å². The second-order valence-electron chi connectivity index (χ2n) is 6.60. The molecule has 2 atom stereocenters. The van der Waals surface area contributed by atoms with Gasteiger partial charge in [0.1, 0.15) is 5.54 Å². The molecule has 0 aliphatic heterocycles. The molecular formula is C16H30N2O2. The second kappa shape index (κ2) is 6.90. The van der Waals surface area contributed by atoms with Crippen LogP contribution in [0.5, 0.6) is 0 Å². The van der Waals surface area contributed by atoms with E-state index in [0.29, 0.717) is 6.04 Å². The lowest BCUT2D eigenvalue weighted by molar-refractivity contribution is -0.144. The molecule has 0 aromatic carbocycles. The summed E-state index contributed by atoms with van der Waals surface area (Å²) in [6.45, 7) is 7.31. The molecule has 2 N–H and O–H groups in total. The Balaban J connectivity index is 1.94. The van der Waals surface area contributed by atoms with Crippen LogP contribution in [0.25, 0.3) is 0 Å². The summed E-state index contributed by atoms with van der Waals surface area (Å²) in [4.78, 5) is 14.2. The zero-order chi connectivity index (χ0) is 14.6. The number of nitrogens with one attached hydrogen (secondary N) is 1. The Morgan fingerprint density at radius 1 is 1.35 bits per heavy atom. The average molecular weight is 282 g/mol. The molecule has 0 bridgehead atoms. The molecule has 116 valence electrons. The Hall–Kier alpha value is -0.610. The Morgan fingerprint density at radius 3 is 2.60 bits per heavy atom. The number of carboxylic acid groups (broad SMARTS) is 1. The number of rotatable bonds is 8. The van der Waals surface area contributed by atoms with E-state index in [1.807, 2.05) is 0 Å². The predicted octanol–water partition coefficient (Wildman–Crippen LogP) is 2.48. The summed E-state index contributed by atoms with van der Waals surface area (Å²) in [5.41, 5.74) is -0.673. The van der Waals surface area contributed by atoms with Crippen LogP contribution < -0.4 is 5.32 Å². The quantitative estimate of drug-likeness (QED) is 0.718. The molecule has 2 rings (SSSR count). The fourth-order valence-corrected chi connectivity index (χ4v) is 3.67. The zero-order valence-electron chi connectivity index (χ0n) is 13.0. The van der Waals surface area contributed by atoms with Crippen molar-refractivity contribution in [3.63, 3.8) is 0 Å². The van der Waals surface area contributed by atoms with E-state index in [0.717, 1.165) is 44.7 Å². The molecule has 0 amide bonds. The van der Waals surface area contributed by atoms with Crippen molar-refractivity contribution in [2.45, 2.75) is 70.4 Å². The van der Waals surface area contributed by atoms with E-state index in [-0.39, 0.29) is 0 Å². The molecule has 4 nitrogen and oxygen atoms in total. The third-order valence-electron chi connectivity index (χ3n) is 5.25. The van der Waals surface area contributed by atoms with Crippen LogP contribution in [0.2, 0.25) is 0 Å². The van der Waals surface area contributed by atoms with Crippen molar-refractivity contribution in [3.8, 4) is 0 Å². The molecular weight excluding hydrogens is 252 g/mol. The maximum absolute atomic E-state index is 11.7. The number of hydrogen-bond acceptors (Lipinski definition) is 3. The first-order chi connectivity index (χ1) is 9.61. The molecule has 2 fully saturated rings. The highest BCUT2D eigenvalue weighted by atomic mass is 16.4. The fourth-order valence-electron chi connectivity index (χ4n) is 3.67. The molecule has 0 heterocycles. The maximum Gasteiger partial charge on any atom is 0.323 e. The van der Waals surface area contributed by atoms with Crippen molar-refractivity contribution in [3.05, 3.63) is 0 Å². The Morgan fingerprint density at radius 2 is 2.10 bits per heavy atom. The molecule has 2 aliphatic rings. The molecule has 20 heavy (non-hydrogen) atoms. The third kappa shape index (κ3) is 3.34. The van der Waals surface area contributed by atoms with Gasteiger partial charge in [0.25, 0.3) is 0 Å².